The van der Waals surface area contributed by atoms with Crippen molar-refractivity contribution in [2.24, 2.45) is 0 Å². The van der Waals surface area contributed by atoms with Crippen molar-refractivity contribution < 1.29 is 24.2 Å². The zero-order chi connectivity index (χ0) is 36.4. The van der Waals surface area contributed by atoms with Gasteiger partial charge in [0.1, 0.15) is 6.61 Å². The molecule has 0 aliphatic carbocycles. The molecule has 1 atom stereocenters. The van der Waals surface area contributed by atoms with Crippen molar-refractivity contribution in [2.45, 2.75) is 213 Å². The molecule has 0 amide bonds. The first-order chi connectivity index (χ1) is 24.6. The van der Waals surface area contributed by atoms with E-state index in [1.165, 1.54) is 109 Å². The van der Waals surface area contributed by atoms with Crippen molar-refractivity contribution in [3.8, 4) is 0 Å². The summed E-state index contributed by atoms with van der Waals surface area (Å²) in [5.74, 6) is -0.609. The molecule has 0 fully saturated rings. The van der Waals surface area contributed by atoms with Gasteiger partial charge in [0.2, 0.25) is 0 Å². The maximum absolute atomic E-state index is 12.2. The minimum absolute atomic E-state index is 0.0750. The molecular formula is C45H80O5. The van der Waals surface area contributed by atoms with Gasteiger partial charge in [-0.3, -0.25) is 9.59 Å². The lowest BCUT2D eigenvalue weighted by atomic mass is 10.0. The highest BCUT2D eigenvalue weighted by Gasteiger charge is 2.16. The molecule has 0 heterocycles. The monoisotopic (exact) mass is 701 g/mol. The van der Waals surface area contributed by atoms with Crippen LogP contribution in [0.1, 0.15) is 206 Å². The topological polar surface area (TPSA) is 72.8 Å². The number of aliphatic hydroxyl groups excluding tert-OH is 1. The van der Waals surface area contributed by atoms with Crippen molar-refractivity contribution >= 4 is 11.9 Å². The molecule has 0 aromatic rings. The van der Waals surface area contributed by atoms with Gasteiger partial charge in [-0.2, -0.15) is 0 Å². The molecule has 1 N–H and O–H groups in total. The second-order valence-corrected chi connectivity index (χ2v) is 14.0. The number of carbonyl (C=O) groups is 2. The molecule has 0 aliphatic rings. The van der Waals surface area contributed by atoms with E-state index >= 15 is 0 Å². The predicted octanol–water partition coefficient (Wildman–Crippen LogP) is 13.4. The molecule has 0 radical (unpaired) electrons. The zero-order valence-electron chi connectivity index (χ0n) is 32.9. The van der Waals surface area contributed by atoms with E-state index in [1.54, 1.807) is 0 Å². The molecule has 0 aromatic heterocycles. The van der Waals surface area contributed by atoms with Crippen molar-refractivity contribution in [3.05, 3.63) is 48.6 Å². The van der Waals surface area contributed by atoms with Crippen molar-refractivity contribution in [2.75, 3.05) is 13.2 Å². The summed E-state index contributed by atoms with van der Waals surface area (Å²) in [7, 11) is 0. The van der Waals surface area contributed by atoms with E-state index in [0.717, 1.165) is 70.6 Å². The molecule has 0 saturated carbocycles. The highest BCUT2D eigenvalue weighted by Crippen LogP contribution is 2.14. The van der Waals surface area contributed by atoms with Crippen LogP contribution in [-0.2, 0) is 19.1 Å². The number of aliphatic hydroxyl groups is 1. The third kappa shape index (κ3) is 38.7. The zero-order valence-corrected chi connectivity index (χ0v) is 32.9. The molecule has 5 heteroatoms. The second kappa shape index (κ2) is 41.3. The molecular weight excluding hydrogens is 620 g/mol. The van der Waals surface area contributed by atoms with Crippen LogP contribution in [0.5, 0.6) is 0 Å². The molecule has 0 unspecified atom stereocenters. The minimum atomic E-state index is -0.778. The van der Waals surface area contributed by atoms with Gasteiger partial charge in [0.05, 0.1) is 6.61 Å². The number of unbranched alkanes of at least 4 members (excludes halogenated alkanes) is 22. The van der Waals surface area contributed by atoms with Crippen LogP contribution in [0.25, 0.3) is 0 Å². The number of esters is 2. The maximum Gasteiger partial charge on any atom is 0.306 e. The van der Waals surface area contributed by atoms with Crippen LogP contribution < -0.4 is 0 Å². The average Bonchev–Trinajstić information content (AvgIpc) is 3.12. The van der Waals surface area contributed by atoms with E-state index in [1.807, 2.05) is 0 Å². The van der Waals surface area contributed by atoms with E-state index in [2.05, 4.69) is 62.5 Å². The fourth-order valence-electron chi connectivity index (χ4n) is 5.92. The number of rotatable bonds is 38. The molecule has 50 heavy (non-hydrogen) atoms. The van der Waals surface area contributed by atoms with Crippen LogP contribution in [0.2, 0.25) is 0 Å². The second-order valence-electron chi connectivity index (χ2n) is 14.0. The Morgan fingerprint density at radius 3 is 1.32 bits per heavy atom. The van der Waals surface area contributed by atoms with Gasteiger partial charge >= 0.3 is 11.9 Å². The fourth-order valence-corrected chi connectivity index (χ4v) is 5.92. The van der Waals surface area contributed by atoms with Crippen LogP contribution in [0.15, 0.2) is 48.6 Å². The Balaban J connectivity index is 3.54. The predicted molar refractivity (Wildman–Crippen MR) is 214 cm³/mol. The summed E-state index contributed by atoms with van der Waals surface area (Å²) < 4.78 is 10.6. The summed E-state index contributed by atoms with van der Waals surface area (Å²) in [6.07, 6.45) is 51.8. The molecule has 0 rings (SSSR count). The van der Waals surface area contributed by atoms with E-state index < -0.39 is 6.10 Å². The molecule has 290 valence electrons. The number of hydrogen-bond acceptors (Lipinski definition) is 5. The fraction of sp³-hybridized carbons (Fsp3) is 0.778. The Morgan fingerprint density at radius 1 is 0.480 bits per heavy atom. The molecule has 0 saturated heterocycles. The smallest absolute Gasteiger partial charge is 0.306 e. The lowest BCUT2D eigenvalue weighted by Crippen LogP contribution is -2.28. The Labute approximate surface area is 309 Å². The number of allylic oxidation sites excluding steroid dienone is 8. The summed E-state index contributed by atoms with van der Waals surface area (Å²) in [5, 5.41) is 9.57. The Hall–Kier alpha value is -2.14. The minimum Gasteiger partial charge on any atom is -0.462 e. The lowest BCUT2D eigenvalue weighted by molar-refractivity contribution is -0.161. The first-order valence-corrected chi connectivity index (χ1v) is 21.2. The van der Waals surface area contributed by atoms with Gasteiger partial charge in [-0.05, 0) is 70.6 Å². The van der Waals surface area contributed by atoms with Crippen LogP contribution >= 0.6 is 0 Å². The molecule has 0 aliphatic heterocycles. The average molecular weight is 701 g/mol. The lowest BCUT2D eigenvalue weighted by Gasteiger charge is -2.15. The standard InChI is InChI=1S/C45H80O5/c1-3-5-7-9-11-13-15-17-19-20-21-22-23-24-26-28-30-32-34-36-38-40-45(48)50-43(41-46)42-49-44(47)39-37-35-33-31-29-27-25-18-16-14-12-10-8-6-4-2/h6,8,12,14,17-19,25,43,46H,3-5,7,9-11,13,15-16,20-24,26-42H2,1-2H3/b8-6+,14-12+,19-17+,25-18+/t43-/m0/s1. The molecule has 0 spiro atoms. The van der Waals surface area contributed by atoms with Crippen LogP contribution in [0.4, 0.5) is 0 Å². The number of hydrogen-bond donors (Lipinski definition) is 1. The van der Waals surface area contributed by atoms with E-state index in [-0.39, 0.29) is 25.2 Å². The normalized spacial score (nSPS) is 12.6. The number of carbonyl (C=O) groups excluding carboxylic acids is 2. The third-order valence-corrected chi connectivity index (χ3v) is 9.11. The van der Waals surface area contributed by atoms with Gasteiger partial charge in [0, 0.05) is 12.8 Å². The van der Waals surface area contributed by atoms with Crippen molar-refractivity contribution in [1.82, 2.24) is 0 Å². The highest BCUT2D eigenvalue weighted by molar-refractivity contribution is 5.70. The van der Waals surface area contributed by atoms with Gasteiger partial charge in [0.15, 0.2) is 6.10 Å². The van der Waals surface area contributed by atoms with E-state index in [4.69, 9.17) is 9.47 Å². The van der Waals surface area contributed by atoms with Gasteiger partial charge in [-0.15, -0.1) is 0 Å². The van der Waals surface area contributed by atoms with Crippen LogP contribution in [0, 0.1) is 0 Å². The Bertz CT molecular complexity index is 842. The molecule has 0 aromatic carbocycles. The first-order valence-electron chi connectivity index (χ1n) is 21.2. The van der Waals surface area contributed by atoms with Gasteiger partial charge in [0.25, 0.3) is 0 Å². The largest absolute Gasteiger partial charge is 0.462 e. The third-order valence-electron chi connectivity index (χ3n) is 9.11. The summed E-state index contributed by atoms with van der Waals surface area (Å²) in [6.45, 7) is 4.01. The highest BCUT2D eigenvalue weighted by atomic mass is 16.6. The SMILES string of the molecule is CC/C=C/C/C=C/C/C=C/CCCCCCCC(=O)OC[C@H](CO)OC(=O)CCCCCCCCCCCCC/C=C/CCCCCCCC. The van der Waals surface area contributed by atoms with Gasteiger partial charge in [-0.25, -0.2) is 0 Å². The Morgan fingerprint density at radius 2 is 0.860 bits per heavy atom. The van der Waals surface area contributed by atoms with Crippen LogP contribution in [0.3, 0.4) is 0 Å². The number of ether oxygens (including phenoxy) is 2. The van der Waals surface area contributed by atoms with Crippen molar-refractivity contribution in [1.29, 1.82) is 0 Å². The van der Waals surface area contributed by atoms with Crippen LogP contribution in [-0.4, -0.2) is 36.4 Å². The van der Waals surface area contributed by atoms with E-state index in [0.29, 0.717) is 12.8 Å². The molecule has 0 bridgehead atoms. The summed E-state index contributed by atoms with van der Waals surface area (Å²) in [5.41, 5.74) is 0. The summed E-state index contributed by atoms with van der Waals surface area (Å²) in [4.78, 5) is 24.3. The first kappa shape index (κ1) is 47.9. The van der Waals surface area contributed by atoms with Gasteiger partial charge in [-0.1, -0.05) is 172 Å². The summed E-state index contributed by atoms with van der Waals surface area (Å²) >= 11 is 0. The molecule has 5 nitrogen and oxygen atoms in total. The van der Waals surface area contributed by atoms with E-state index in [9.17, 15) is 14.7 Å². The van der Waals surface area contributed by atoms with Gasteiger partial charge < -0.3 is 14.6 Å². The van der Waals surface area contributed by atoms with Crippen molar-refractivity contribution in [3.63, 3.8) is 0 Å². The maximum atomic E-state index is 12.2. The quantitative estimate of drug-likeness (QED) is 0.0394. The summed E-state index contributed by atoms with van der Waals surface area (Å²) in [6, 6.07) is 0. The Kier molecular flexibility index (Phi) is 39.5.